The first-order valence-electron chi connectivity index (χ1n) is 5.30. The van der Waals surface area contributed by atoms with Gasteiger partial charge in [0.25, 0.3) is 0 Å². The molecule has 0 atom stereocenters. The standard InChI is InChI=1S/C13H13FO2S/c1-13(2,12(15)16)6-8-7-17-11-9(8)4-3-5-10(11)14/h3-5,7H,6H2,1-2H3,(H,15,16). The van der Waals surface area contributed by atoms with Crippen LogP contribution in [0.5, 0.6) is 0 Å². The summed E-state index contributed by atoms with van der Waals surface area (Å²) in [6.07, 6.45) is 0.409. The lowest BCUT2D eigenvalue weighted by Crippen LogP contribution is -2.25. The predicted octanol–water partition coefficient (Wildman–Crippen LogP) is 3.69. The van der Waals surface area contributed by atoms with Gasteiger partial charge in [-0.2, -0.15) is 0 Å². The maximum Gasteiger partial charge on any atom is 0.309 e. The summed E-state index contributed by atoms with van der Waals surface area (Å²) in [6.45, 7) is 3.36. The molecule has 1 heterocycles. The van der Waals surface area contributed by atoms with Gasteiger partial charge in [0.15, 0.2) is 0 Å². The van der Waals surface area contributed by atoms with Crippen molar-refractivity contribution in [2.24, 2.45) is 5.41 Å². The highest BCUT2D eigenvalue weighted by molar-refractivity contribution is 7.17. The van der Waals surface area contributed by atoms with Crippen LogP contribution in [0.15, 0.2) is 23.6 Å². The average molecular weight is 252 g/mol. The molecular formula is C13H13FO2S. The van der Waals surface area contributed by atoms with Gasteiger partial charge in [-0.1, -0.05) is 12.1 Å². The van der Waals surface area contributed by atoms with Gasteiger partial charge in [-0.25, -0.2) is 4.39 Å². The van der Waals surface area contributed by atoms with Crippen LogP contribution in [0.2, 0.25) is 0 Å². The quantitative estimate of drug-likeness (QED) is 0.904. The second-order valence-corrected chi connectivity index (χ2v) is 5.62. The molecule has 0 saturated carbocycles. The molecule has 0 amide bonds. The van der Waals surface area contributed by atoms with Crippen LogP contribution in [0.3, 0.4) is 0 Å². The number of benzene rings is 1. The van der Waals surface area contributed by atoms with Crippen LogP contribution in [0.1, 0.15) is 19.4 Å². The van der Waals surface area contributed by atoms with Crippen molar-refractivity contribution in [3.05, 3.63) is 35.0 Å². The summed E-state index contributed by atoms with van der Waals surface area (Å²) in [6, 6.07) is 4.91. The van der Waals surface area contributed by atoms with E-state index in [2.05, 4.69) is 0 Å². The normalized spacial score (nSPS) is 11.9. The number of halogens is 1. The molecule has 1 aromatic carbocycles. The Morgan fingerprint density at radius 1 is 1.47 bits per heavy atom. The lowest BCUT2D eigenvalue weighted by Gasteiger charge is -2.18. The molecule has 1 aromatic heterocycles. The molecule has 0 aliphatic carbocycles. The molecule has 17 heavy (non-hydrogen) atoms. The van der Waals surface area contributed by atoms with E-state index < -0.39 is 11.4 Å². The molecular weight excluding hydrogens is 239 g/mol. The van der Waals surface area contributed by atoms with E-state index in [0.29, 0.717) is 11.1 Å². The predicted molar refractivity (Wildman–Crippen MR) is 66.9 cm³/mol. The summed E-state index contributed by atoms with van der Waals surface area (Å²) >= 11 is 1.33. The molecule has 0 spiro atoms. The fourth-order valence-corrected chi connectivity index (χ4v) is 2.74. The van der Waals surface area contributed by atoms with E-state index in [4.69, 9.17) is 5.11 Å². The van der Waals surface area contributed by atoms with Gasteiger partial charge in [-0.3, -0.25) is 4.79 Å². The van der Waals surface area contributed by atoms with Crippen molar-refractivity contribution < 1.29 is 14.3 Å². The minimum Gasteiger partial charge on any atom is -0.481 e. The van der Waals surface area contributed by atoms with Gasteiger partial charge >= 0.3 is 5.97 Å². The Balaban J connectivity index is 2.44. The number of rotatable bonds is 3. The van der Waals surface area contributed by atoms with Crippen LogP contribution < -0.4 is 0 Å². The summed E-state index contributed by atoms with van der Waals surface area (Å²) in [5.41, 5.74) is 0.0669. The number of hydrogen-bond donors (Lipinski definition) is 1. The van der Waals surface area contributed by atoms with Crippen LogP contribution in [-0.4, -0.2) is 11.1 Å². The molecule has 2 nitrogen and oxygen atoms in total. The van der Waals surface area contributed by atoms with Crippen molar-refractivity contribution in [2.45, 2.75) is 20.3 Å². The molecule has 2 rings (SSSR count). The van der Waals surface area contributed by atoms with E-state index >= 15 is 0 Å². The maximum absolute atomic E-state index is 13.5. The molecule has 0 bridgehead atoms. The zero-order chi connectivity index (χ0) is 12.6. The van der Waals surface area contributed by atoms with Crippen molar-refractivity contribution in [1.29, 1.82) is 0 Å². The first-order chi connectivity index (χ1) is 7.92. The van der Waals surface area contributed by atoms with E-state index in [1.54, 1.807) is 19.9 Å². The largest absolute Gasteiger partial charge is 0.481 e. The van der Waals surface area contributed by atoms with Crippen molar-refractivity contribution in [2.75, 3.05) is 0 Å². The summed E-state index contributed by atoms with van der Waals surface area (Å²) in [4.78, 5) is 11.1. The summed E-state index contributed by atoms with van der Waals surface area (Å²) < 4.78 is 14.1. The zero-order valence-electron chi connectivity index (χ0n) is 9.66. The van der Waals surface area contributed by atoms with E-state index in [1.807, 2.05) is 11.4 Å². The van der Waals surface area contributed by atoms with Crippen LogP contribution in [0, 0.1) is 11.2 Å². The molecule has 0 fully saturated rings. The summed E-state index contributed by atoms with van der Waals surface area (Å²) in [7, 11) is 0. The van der Waals surface area contributed by atoms with Crippen LogP contribution in [0.4, 0.5) is 4.39 Å². The number of aliphatic carboxylic acids is 1. The number of thiophene rings is 1. The minimum atomic E-state index is -0.840. The molecule has 0 aliphatic rings. The summed E-state index contributed by atoms with van der Waals surface area (Å²) in [5.74, 6) is -1.08. The zero-order valence-corrected chi connectivity index (χ0v) is 10.5. The van der Waals surface area contributed by atoms with Gasteiger partial charge in [-0.15, -0.1) is 11.3 Å². The highest BCUT2D eigenvalue weighted by Crippen LogP contribution is 2.32. The SMILES string of the molecule is CC(C)(Cc1csc2c(F)cccc12)C(=O)O. The van der Waals surface area contributed by atoms with Crippen molar-refractivity contribution in [3.8, 4) is 0 Å². The van der Waals surface area contributed by atoms with Gasteiger partial charge in [0.1, 0.15) is 5.82 Å². The van der Waals surface area contributed by atoms with E-state index in [9.17, 15) is 9.18 Å². The molecule has 0 unspecified atom stereocenters. The minimum absolute atomic E-state index is 0.244. The Morgan fingerprint density at radius 3 is 2.82 bits per heavy atom. The van der Waals surface area contributed by atoms with Crippen LogP contribution in [0.25, 0.3) is 10.1 Å². The molecule has 1 N–H and O–H groups in total. The van der Waals surface area contributed by atoms with Crippen LogP contribution >= 0.6 is 11.3 Å². The van der Waals surface area contributed by atoms with Gasteiger partial charge in [0.05, 0.1) is 10.1 Å². The highest BCUT2D eigenvalue weighted by atomic mass is 32.1. The van der Waals surface area contributed by atoms with E-state index in [0.717, 1.165) is 10.9 Å². The third-order valence-corrected chi connectivity index (χ3v) is 3.90. The lowest BCUT2D eigenvalue weighted by molar-refractivity contribution is -0.146. The average Bonchev–Trinajstić information content (AvgIpc) is 2.62. The van der Waals surface area contributed by atoms with Crippen molar-refractivity contribution in [1.82, 2.24) is 0 Å². The van der Waals surface area contributed by atoms with Gasteiger partial charge in [0.2, 0.25) is 0 Å². The Bertz CT molecular complexity index is 572. The van der Waals surface area contributed by atoms with Gasteiger partial charge in [0, 0.05) is 0 Å². The number of fused-ring (bicyclic) bond motifs is 1. The van der Waals surface area contributed by atoms with E-state index in [-0.39, 0.29) is 5.82 Å². The molecule has 2 aromatic rings. The first kappa shape index (κ1) is 12.0. The first-order valence-corrected chi connectivity index (χ1v) is 6.18. The fraction of sp³-hybridized carbons (Fsp3) is 0.308. The van der Waals surface area contributed by atoms with Gasteiger partial charge in [-0.05, 0) is 42.7 Å². The van der Waals surface area contributed by atoms with Crippen molar-refractivity contribution in [3.63, 3.8) is 0 Å². The Hall–Kier alpha value is -1.42. The van der Waals surface area contributed by atoms with Gasteiger partial charge < -0.3 is 5.11 Å². The number of carboxylic acid groups (broad SMARTS) is 1. The molecule has 0 radical (unpaired) electrons. The monoisotopic (exact) mass is 252 g/mol. The maximum atomic E-state index is 13.5. The van der Waals surface area contributed by atoms with Crippen molar-refractivity contribution >= 4 is 27.4 Å². The van der Waals surface area contributed by atoms with E-state index in [1.165, 1.54) is 17.4 Å². The smallest absolute Gasteiger partial charge is 0.309 e. The summed E-state index contributed by atoms with van der Waals surface area (Å²) in [5, 5.41) is 11.8. The topological polar surface area (TPSA) is 37.3 Å². The highest BCUT2D eigenvalue weighted by Gasteiger charge is 2.28. The number of hydrogen-bond acceptors (Lipinski definition) is 2. The third-order valence-electron chi connectivity index (χ3n) is 2.84. The molecule has 4 heteroatoms. The lowest BCUT2D eigenvalue weighted by atomic mass is 9.86. The second-order valence-electron chi connectivity index (χ2n) is 4.74. The Labute approximate surface area is 103 Å². The number of carboxylic acids is 1. The molecule has 0 saturated heterocycles. The second kappa shape index (κ2) is 4.11. The molecule has 0 aliphatic heterocycles. The third kappa shape index (κ3) is 2.17. The molecule has 90 valence electrons. The fourth-order valence-electron chi connectivity index (χ4n) is 1.76. The van der Waals surface area contributed by atoms with Crippen LogP contribution in [-0.2, 0) is 11.2 Å². The Kier molecular flexibility index (Phi) is 2.91. The Morgan fingerprint density at radius 2 is 2.18 bits per heavy atom. The number of carbonyl (C=O) groups is 1.